The Morgan fingerprint density at radius 1 is 1.33 bits per heavy atom. The number of halogens is 1. The molecule has 2 N–H and O–H groups in total. The first-order valence-corrected chi connectivity index (χ1v) is 7.26. The van der Waals surface area contributed by atoms with Crippen LogP contribution in [0.3, 0.4) is 0 Å². The van der Waals surface area contributed by atoms with Crippen LogP contribution in [-0.4, -0.2) is 17.7 Å². The minimum atomic E-state index is -1.43. The molecule has 3 nitrogen and oxygen atoms in total. The van der Waals surface area contributed by atoms with Crippen molar-refractivity contribution in [3.05, 3.63) is 46.8 Å². The fourth-order valence-corrected chi connectivity index (χ4v) is 2.32. The molecule has 0 spiro atoms. The van der Waals surface area contributed by atoms with Crippen LogP contribution in [0.5, 0.6) is 0 Å². The fourth-order valence-electron chi connectivity index (χ4n) is 2.32. The highest BCUT2D eigenvalue weighted by Gasteiger charge is 2.20. The van der Waals surface area contributed by atoms with Crippen molar-refractivity contribution in [2.75, 3.05) is 6.54 Å². The van der Waals surface area contributed by atoms with Gasteiger partial charge in [0, 0.05) is 30.9 Å². The van der Waals surface area contributed by atoms with Gasteiger partial charge in [0.05, 0.1) is 11.4 Å². The van der Waals surface area contributed by atoms with E-state index in [1.807, 2.05) is 18.4 Å². The lowest BCUT2D eigenvalue weighted by Gasteiger charge is -2.13. The van der Waals surface area contributed by atoms with E-state index in [-0.39, 0.29) is 0 Å². The molecular formula is C17H22FN3. The normalized spacial score (nSPS) is 16.0. The smallest absolute Gasteiger partial charge is 0.147 e. The van der Waals surface area contributed by atoms with E-state index in [0.29, 0.717) is 12.2 Å². The van der Waals surface area contributed by atoms with Gasteiger partial charge >= 0.3 is 0 Å². The number of aromatic nitrogens is 1. The SMILES string of the molecule is CCC1=C(CN)C=C(c2ccc(C(C)(C)F)nc2)N=CC1. The van der Waals surface area contributed by atoms with Crippen LogP contribution in [0.2, 0.25) is 0 Å². The molecule has 0 amide bonds. The number of nitrogens with two attached hydrogens (primary N) is 1. The van der Waals surface area contributed by atoms with Crippen molar-refractivity contribution in [3.8, 4) is 0 Å². The number of hydrogen-bond donors (Lipinski definition) is 1. The quantitative estimate of drug-likeness (QED) is 0.916. The predicted molar refractivity (Wildman–Crippen MR) is 85.8 cm³/mol. The maximum absolute atomic E-state index is 13.8. The standard InChI is InChI=1S/C17H22FN3/c1-4-12-7-8-20-15(9-14(12)10-19)13-5-6-16(21-11-13)17(2,3)18/h5-6,8-9,11H,4,7,10,19H2,1-3H3. The van der Waals surface area contributed by atoms with Crippen molar-refractivity contribution in [3.63, 3.8) is 0 Å². The highest BCUT2D eigenvalue weighted by Crippen LogP contribution is 2.26. The van der Waals surface area contributed by atoms with E-state index < -0.39 is 5.67 Å². The minimum Gasteiger partial charge on any atom is -0.326 e. The van der Waals surface area contributed by atoms with Gasteiger partial charge in [0.25, 0.3) is 0 Å². The van der Waals surface area contributed by atoms with Gasteiger partial charge in [-0.2, -0.15) is 0 Å². The summed E-state index contributed by atoms with van der Waals surface area (Å²) in [5.74, 6) is 0. The molecule has 0 aliphatic carbocycles. The Morgan fingerprint density at radius 3 is 2.62 bits per heavy atom. The van der Waals surface area contributed by atoms with E-state index in [1.54, 1.807) is 12.3 Å². The molecule has 0 bridgehead atoms. The largest absolute Gasteiger partial charge is 0.326 e. The van der Waals surface area contributed by atoms with E-state index in [9.17, 15) is 4.39 Å². The summed E-state index contributed by atoms with van der Waals surface area (Å²) >= 11 is 0. The molecular weight excluding hydrogens is 265 g/mol. The van der Waals surface area contributed by atoms with Gasteiger partial charge in [0.15, 0.2) is 0 Å². The summed E-state index contributed by atoms with van der Waals surface area (Å²) in [4.78, 5) is 8.70. The zero-order chi connectivity index (χ0) is 15.5. The molecule has 1 aromatic rings. The molecule has 1 aliphatic heterocycles. The molecule has 0 aromatic carbocycles. The molecule has 1 aromatic heterocycles. The monoisotopic (exact) mass is 287 g/mol. The molecule has 0 saturated carbocycles. The van der Waals surface area contributed by atoms with Gasteiger partial charge in [-0.15, -0.1) is 0 Å². The summed E-state index contributed by atoms with van der Waals surface area (Å²) in [5, 5.41) is 0. The number of alkyl halides is 1. The lowest BCUT2D eigenvalue weighted by Crippen LogP contribution is -2.11. The molecule has 0 saturated heterocycles. The Balaban J connectivity index is 2.37. The van der Waals surface area contributed by atoms with Gasteiger partial charge in [0.2, 0.25) is 0 Å². The first kappa shape index (κ1) is 15.6. The molecule has 1 aliphatic rings. The Morgan fingerprint density at radius 2 is 2.10 bits per heavy atom. The Labute approximate surface area is 125 Å². The summed E-state index contributed by atoms with van der Waals surface area (Å²) in [5.41, 5.74) is 8.97. The van der Waals surface area contributed by atoms with Crippen molar-refractivity contribution < 1.29 is 4.39 Å². The minimum absolute atomic E-state index is 0.424. The zero-order valence-corrected chi connectivity index (χ0v) is 12.9. The van der Waals surface area contributed by atoms with Crippen LogP contribution in [0.1, 0.15) is 44.9 Å². The van der Waals surface area contributed by atoms with Crippen LogP contribution in [0.4, 0.5) is 4.39 Å². The molecule has 0 fully saturated rings. The average molecular weight is 287 g/mol. The molecule has 2 heterocycles. The number of rotatable bonds is 4. The molecule has 4 heteroatoms. The van der Waals surface area contributed by atoms with Gasteiger partial charge in [-0.05, 0) is 44.1 Å². The van der Waals surface area contributed by atoms with Gasteiger partial charge in [-0.25, -0.2) is 4.39 Å². The molecule has 112 valence electrons. The van der Waals surface area contributed by atoms with Gasteiger partial charge < -0.3 is 5.73 Å². The third-order valence-electron chi connectivity index (χ3n) is 3.65. The highest BCUT2D eigenvalue weighted by atomic mass is 19.1. The second-order valence-electron chi connectivity index (χ2n) is 5.64. The summed E-state index contributed by atoms with van der Waals surface area (Å²) in [6.45, 7) is 5.62. The van der Waals surface area contributed by atoms with Crippen molar-refractivity contribution >= 4 is 11.9 Å². The second-order valence-corrected chi connectivity index (χ2v) is 5.64. The molecule has 0 atom stereocenters. The van der Waals surface area contributed by atoms with Crippen LogP contribution in [0, 0.1) is 0 Å². The number of pyridine rings is 1. The van der Waals surface area contributed by atoms with Crippen LogP contribution >= 0.6 is 0 Å². The number of nitrogens with zero attached hydrogens (tertiary/aromatic N) is 2. The maximum atomic E-state index is 13.8. The Bertz CT molecular complexity index is 589. The topological polar surface area (TPSA) is 51.3 Å². The number of aliphatic imine (C=N–C) groups is 1. The number of hydrogen-bond acceptors (Lipinski definition) is 3. The molecule has 21 heavy (non-hydrogen) atoms. The van der Waals surface area contributed by atoms with Crippen molar-refractivity contribution in [2.24, 2.45) is 10.7 Å². The van der Waals surface area contributed by atoms with E-state index in [4.69, 9.17) is 5.73 Å². The van der Waals surface area contributed by atoms with Crippen molar-refractivity contribution in [1.29, 1.82) is 0 Å². The molecule has 0 unspecified atom stereocenters. The molecule has 2 rings (SSSR count). The van der Waals surface area contributed by atoms with E-state index in [1.165, 1.54) is 19.4 Å². The zero-order valence-electron chi connectivity index (χ0n) is 12.9. The van der Waals surface area contributed by atoms with Crippen LogP contribution in [0.15, 0.2) is 40.5 Å². The Hall–Kier alpha value is -1.81. The predicted octanol–water partition coefficient (Wildman–Crippen LogP) is 3.77. The van der Waals surface area contributed by atoms with Crippen LogP contribution in [-0.2, 0) is 5.67 Å². The van der Waals surface area contributed by atoms with Crippen LogP contribution in [0.25, 0.3) is 5.70 Å². The lowest BCUT2D eigenvalue weighted by atomic mass is 10.0. The fraction of sp³-hybridized carbons (Fsp3) is 0.412. The maximum Gasteiger partial charge on any atom is 0.147 e. The van der Waals surface area contributed by atoms with Gasteiger partial charge in [0.1, 0.15) is 5.67 Å². The third-order valence-corrected chi connectivity index (χ3v) is 3.65. The Kier molecular flexibility index (Phi) is 4.68. The first-order chi connectivity index (χ1) is 9.95. The summed E-state index contributed by atoms with van der Waals surface area (Å²) in [7, 11) is 0. The van der Waals surface area contributed by atoms with Gasteiger partial charge in [-0.3, -0.25) is 9.98 Å². The summed E-state index contributed by atoms with van der Waals surface area (Å²) in [6.07, 6.45) is 7.38. The van der Waals surface area contributed by atoms with E-state index >= 15 is 0 Å². The van der Waals surface area contributed by atoms with Crippen LogP contribution < -0.4 is 5.73 Å². The highest BCUT2D eigenvalue weighted by molar-refractivity contribution is 5.78. The number of allylic oxidation sites excluding steroid dienone is 1. The van der Waals surface area contributed by atoms with Crippen molar-refractivity contribution in [1.82, 2.24) is 4.98 Å². The summed E-state index contributed by atoms with van der Waals surface area (Å²) < 4.78 is 13.8. The summed E-state index contributed by atoms with van der Waals surface area (Å²) in [6, 6.07) is 3.57. The van der Waals surface area contributed by atoms with Crippen molar-refractivity contribution in [2.45, 2.75) is 39.3 Å². The first-order valence-electron chi connectivity index (χ1n) is 7.26. The molecule has 0 radical (unpaired) electrons. The van der Waals surface area contributed by atoms with E-state index in [2.05, 4.69) is 16.9 Å². The van der Waals surface area contributed by atoms with E-state index in [0.717, 1.165) is 29.7 Å². The third kappa shape index (κ3) is 3.64. The lowest BCUT2D eigenvalue weighted by molar-refractivity contribution is 0.214. The van der Waals surface area contributed by atoms with Gasteiger partial charge in [-0.1, -0.05) is 12.5 Å². The average Bonchev–Trinajstić information content (AvgIpc) is 2.68. The second kappa shape index (κ2) is 6.31.